The average Bonchev–Trinajstić information content (AvgIpc) is 3.00. The third kappa shape index (κ3) is 30.4. The van der Waals surface area contributed by atoms with E-state index in [1.165, 1.54) is 103 Å². The Hall–Kier alpha value is -1.43. The smallest absolute Gasteiger partial charge is 0.222 e. The van der Waals surface area contributed by atoms with E-state index < -0.39 is 18.2 Å². The quantitative estimate of drug-likeness (QED) is 0.0454. The Morgan fingerprint density at radius 1 is 0.581 bits per heavy atom. The number of amides is 1. The molecule has 3 unspecified atom stereocenters. The topological polar surface area (TPSA) is 89.8 Å². The van der Waals surface area contributed by atoms with Crippen molar-refractivity contribution in [2.24, 2.45) is 0 Å². The fraction of sp³-hybridized carbons (Fsp3) is 0.816. The van der Waals surface area contributed by atoms with Crippen molar-refractivity contribution in [1.29, 1.82) is 0 Å². The predicted octanol–water partition coefficient (Wildman–Crippen LogP) is 9.65. The summed E-state index contributed by atoms with van der Waals surface area (Å²) in [6.07, 6.45) is 39.8. The van der Waals surface area contributed by atoms with Gasteiger partial charge in [0.05, 0.1) is 31.3 Å². The second-order valence-corrected chi connectivity index (χ2v) is 12.5. The van der Waals surface area contributed by atoms with Crippen molar-refractivity contribution in [2.45, 2.75) is 193 Å². The minimum Gasteiger partial charge on any atom is -0.394 e. The van der Waals surface area contributed by atoms with Gasteiger partial charge in [-0.1, -0.05) is 147 Å². The van der Waals surface area contributed by atoms with Crippen LogP contribution in [0.2, 0.25) is 0 Å². The van der Waals surface area contributed by atoms with E-state index in [1.807, 2.05) is 6.08 Å². The van der Waals surface area contributed by atoms with Crippen LogP contribution in [0.25, 0.3) is 0 Å². The lowest BCUT2D eigenvalue weighted by Crippen LogP contribution is -2.45. The third-order valence-corrected chi connectivity index (χ3v) is 8.15. The molecule has 0 aliphatic rings. The molecule has 0 spiro atoms. The molecule has 5 heteroatoms. The van der Waals surface area contributed by atoms with Crippen molar-refractivity contribution < 1.29 is 20.1 Å². The Morgan fingerprint density at radius 2 is 1.00 bits per heavy atom. The fourth-order valence-corrected chi connectivity index (χ4v) is 5.29. The molecule has 3 atom stereocenters. The molecule has 252 valence electrons. The Morgan fingerprint density at radius 3 is 1.49 bits per heavy atom. The summed E-state index contributed by atoms with van der Waals surface area (Å²) in [5.74, 6) is -0.337. The van der Waals surface area contributed by atoms with Gasteiger partial charge in [-0.2, -0.15) is 0 Å². The molecule has 0 rings (SSSR count). The average molecular weight is 606 g/mol. The zero-order chi connectivity index (χ0) is 31.6. The molecule has 0 radical (unpaired) electrons. The Labute approximate surface area is 266 Å². The van der Waals surface area contributed by atoms with Crippen LogP contribution in [0.1, 0.15) is 174 Å². The molecule has 0 aromatic heterocycles. The van der Waals surface area contributed by atoms with Gasteiger partial charge in [0.25, 0.3) is 0 Å². The molecule has 0 aromatic carbocycles. The lowest BCUT2D eigenvalue weighted by molar-refractivity contribution is -0.124. The van der Waals surface area contributed by atoms with E-state index in [-0.39, 0.29) is 18.9 Å². The van der Waals surface area contributed by atoms with E-state index in [4.69, 9.17) is 0 Å². The van der Waals surface area contributed by atoms with Crippen LogP contribution >= 0.6 is 0 Å². The number of hydrogen-bond acceptors (Lipinski definition) is 4. The maximum Gasteiger partial charge on any atom is 0.222 e. The van der Waals surface area contributed by atoms with Gasteiger partial charge in [-0.15, -0.1) is 0 Å². The molecule has 1 amide bonds. The maximum absolute atomic E-state index is 12.3. The predicted molar refractivity (Wildman–Crippen MR) is 185 cm³/mol. The SMILES string of the molecule is CCCCCCCCC/C=C\CCCCCC(O)CC(=O)NC(CO)C(O)/C=C/CC/C=C/CCCCCCCCCC. The molecule has 0 heterocycles. The summed E-state index contributed by atoms with van der Waals surface area (Å²) < 4.78 is 0. The van der Waals surface area contributed by atoms with E-state index in [9.17, 15) is 20.1 Å². The van der Waals surface area contributed by atoms with Crippen LogP contribution in [0.5, 0.6) is 0 Å². The second-order valence-electron chi connectivity index (χ2n) is 12.5. The molecule has 0 fully saturated rings. The Bertz CT molecular complexity index is 675. The number of carbonyl (C=O) groups excluding carboxylic acids is 1. The number of allylic oxidation sites excluding steroid dienone is 5. The van der Waals surface area contributed by atoms with Crippen LogP contribution in [0.3, 0.4) is 0 Å². The number of hydrogen-bond donors (Lipinski definition) is 4. The number of aliphatic hydroxyl groups excluding tert-OH is 3. The number of unbranched alkanes of at least 4 members (excludes halogenated alkanes) is 19. The molecular formula is C38H71NO4. The summed E-state index contributed by atoms with van der Waals surface area (Å²) in [6, 6.07) is -0.763. The van der Waals surface area contributed by atoms with Gasteiger partial charge in [0.2, 0.25) is 5.91 Å². The molecule has 43 heavy (non-hydrogen) atoms. The van der Waals surface area contributed by atoms with E-state index in [0.29, 0.717) is 6.42 Å². The van der Waals surface area contributed by atoms with Crippen molar-refractivity contribution in [3.8, 4) is 0 Å². The first-order chi connectivity index (χ1) is 21.0. The van der Waals surface area contributed by atoms with Crippen molar-refractivity contribution >= 4 is 5.91 Å². The van der Waals surface area contributed by atoms with Crippen LogP contribution in [0.15, 0.2) is 36.5 Å². The van der Waals surface area contributed by atoms with Gasteiger partial charge in [-0.05, 0) is 57.8 Å². The van der Waals surface area contributed by atoms with Crippen molar-refractivity contribution in [3.05, 3.63) is 36.5 Å². The number of rotatable bonds is 32. The molecule has 0 aromatic rings. The van der Waals surface area contributed by atoms with Crippen molar-refractivity contribution in [2.75, 3.05) is 6.61 Å². The van der Waals surface area contributed by atoms with Crippen LogP contribution < -0.4 is 5.32 Å². The molecule has 0 aliphatic heterocycles. The summed E-state index contributed by atoms with van der Waals surface area (Å²) in [5, 5.41) is 33.0. The first-order valence-electron chi connectivity index (χ1n) is 18.3. The van der Waals surface area contributed by atoms with Crippen LogP contribution in [-0.2, 0) is 4.79 Å². The summed E-state index contributed by atoms with van der Waals surface area (Å²) >= 11 is 0. The number of nitrogens with one attached hydrogen (secondary N) is 1. The largest absolute Gasteiger partial charge is 0.394 e. The zero-order valence-electron chi connectivity index (χ0n) is 28.3. The molecule has 4 N–H and O–H groups in total. The van der Waals surface area contributed by atoms with Crippen LogP contribution in [0, 0.1) is 0 Å². The highest BCUT2D eigenvalue weighted by Crippen LogP contribution is 2.12. The zero-order valence-corrected chi connectivity index (χ0v) is 28.3. The van der Waals surface area contributed by atoms with Crippen LogP contribution in [0.4, 0.5) is 0 Å². The van der Waals surface area contributed by atoms with Gasteiger partial charge in [-0.3, -0.25) is 4.79 Å². The molecule has 5 nitrogen and oxygen atoms in total. The van der Waals surface area contributed by atoms with E-state index in [2.05, 4.69) is 43.5 Å². The standard InChI is InChI=1S/C38H71NO4/c1-3-5-7-9-11-13-15-17-19-21-23-25-27-29-31-35(41)33-38(43)39-36(34-40)37(42)32-30-28-26-24-22-20-18-16-14-12-10-8-6-4-2/h19,21-22,24,30,32,35-37,40-42H,3-18,20,23,25-29,31,33-34H2,1-2H3,(H,39,43)/b21-19-,24-22+,32-30+. The highest BCUT2D eigenvalue weighted by atomic mass is 16.3. The molecular weight excluding hydrogens is 534 g/mol. The fourth-order valence-electron chi connectivity index (χ4n) is 5.29. The lowest BCUT2D eigenvalue weighted by atomic mass is 10.1. The third-order valence-electron chi connectivity index (χ3n) is 8.15. The van der Waals surface area contributed by atoms with E-state index in [0.717, 1.165) is 44.9 Å². The van der Waals surface area contributed by atoms with E-state index >= 15 is 0 Å². The lowest BCUT2D eigenvalue weighted by Gasteiger charge is -2.20. The minimum absolute atomic E-state index is 0.00503. The number of carbonyl (C=O) groups is 1. The highest BCUT2D eigenvalue weighted by molar-refractivity contribution is 5.76. The van der Waals surface area contributed by atoms with Crippen molar-refractivity contribution in [3.63, 3.8) is 0 Å². The molecule has 0 bridgehead atoms. The maximum atomic E-state index is 12.3. The molecule has 0 aliphatic carbocycles. The van der Waals surface area contributed by atoms with Gasteiger partial charge >= 0.3 is 0 Å². The summed E-state index contributed by atoms with van der Waals surface area (Å²) in [7, 11) is 0. The first kappa shape index (κ1) is 41.6. The second kappa shape index (κ2) is 33.5. The number of aliphatic hydroxyl groups is 3. The van der Waals surface area contributed by atoms with E-state index in [1.54, 1.807) is 6.08 Å². The van der Waals surface area contributed by atoms with Crippen LogP contribution in [-0.4, -0.2) is 46.1 Å². The van der Waals surface area contributed by atoms with Gasteiger partial charge in [0, 0.05) is 0 Å². The molecule has 0 saturated heterocycles. The highest BCUT2D eigenvalue weighted by Gasteiger charge is 2.20. The first-order valence-corrected chi connectivity index (χ1v) is 18.3. The summed E-state index contributed by atoms with van der Waals surface area (Å²) in [4.78, 5) is 12.3. The molecule has 0 saturated carbocycles. The summed E-state index contributed by atoms with van der Waals surface area (Å²) in [6.45, 7) is 4.16. The normalized spacial score (nSPS) is 14.3. The summed E-state index contributed by atoms with van der Waals surface area (Å²) in [5.41, 5.74) is 0. The van der Waals surface area contributed by atoms with Gasteiger partial charge < -0.3 is 20.6 Å². The van der Waals surface area contributed by atoms with Gasteiger partial charge in [-0.25, -0.2) is 0 Å². The van der Waals surface area contributed by atoms with Gasteiger partial charge in [0.1, 0.15) is 0 Å². The van der Waals surface area contributed by atoms with Gasteiger partial charge in [0.15, 0.2) is 0 Å². The minimum atomic E-state index is -0.953. The Balaban J connectivity index is 3.83. The monoisotopic (exact) mass is 606 g/mol. The Kier molecular flexibility index (Phi) is 32.3. The van der Waals surface area contributed by atoms with Crippen molar-refractivity contribution in [1.82, 2.24) is 5.32 Å².